The van der Waals surface area contributed by atoms with Crippen LogP contribution < -0.4 is 16.2 Å². The molecule has 1 unspecified atom stereocenters. The Morgan fingerprint density at radius 1 is 1.35 bits per heavy atom. The van der Waals surface area contributed by atoms with Gasteiger partial charge in [-0.05, 0) is 43.9 Å². The summed E-state index contributed by atoms with van der Waals surface area (Å²) in [6.45, 7) is 3.54. The summed E-state index contributed by atoms with van der Waals surface area (Å²) in [5.74, 6) is 0.453. The molecule has 7 heteroatoms. The van der Waals surface area contributed by atoms with E-state index >= 15 is 0 Å². The first-order valence-corrected chi connectivity index (χ1v) is 8.19. The molecule has 112 valence electrons. The number of nitrogens with two attached hydrogens (primary N) is 2. The summed E-state index contributed by atoms with van der Waals surface area (Å²) >= 11 is 0. The lowest BCUT2D eigenvalue weighted by atomic mass is 9.93. The minimum Gasteiger partial charge on any atom is -0.399 e. The third-order valence-corrected chi connectivity index (χ3v) is 4.62. The molecule has 20 heavy (non-hydrogen) atoms. The second-order valence-electron chi connectivity index (χ2n) is 5.18. The van der Waals surface area contributed by atoms with Crippen LogP contribution in [0.2, 0.25) is 0 Å². The predicted octanol–water partition coefficient (Wildman–Crippen LogP) is 1.14. The molecule has 1 aromatic rings. The predicted molar refractivity (Wildman–Crippen MR) is 78.9 cm³/mol. The molecular formula is C13H21N3O3S. The fraction of sp³-hybridized carbons (Fsp3) is 0.538. The fourth-order valence-corrected chi connectivity index (χ4v) is 3.21. The van der Waals surface area contributed by atoms with Crippen molar-refractivity contribution in [1.82, 2.24) is 0 Å². The highest BCUT2D eigenvalue weighted by Crippen LogP contribution is 2.27. The van der Waals surface area contributed by atoms with E-state index in [0.29, 0.717) is 17.3 Å². The topological polar surface area (TPSA) is 107 Å². The van der Waals surface area contributed by atoms with Gasteiger partial charge in [-0.15, -0.1) is 0 Å². The summed E-state index contributed by atoms with van der Waals surface area (Å²) in [7, 11) is -3.80. The summed E-state index contributed by atoms with van der Waals surface area (Å²) < 4.78 is 28.6. The first kappa shape index (κ1) is 15.1. The molecule has 1 saturated heterocycles. The second-order valence-corrected chi connectivity index (χ2v) is 6.71. The van der Waals surface area contributed by atoms with Crippen LogP contribution in [0.4, 0.5) is 11.4 Å². The lowest BCUT2D eigenvalue weighted by molar-refractivity contribution is 0.0622. The van der Waals surface area contributed by atoms with Gasteiger partial charge < -0.3 is 15.8 Å². The third-order valence-electron chi connectivity index (χ3n) is 3.67. The number of rotatable bonds is 4. The van der Waals surface area contributed by atoms with Crippen LogP contribution in [0.15, 0.2) is 23.1 Å². The molecule has 1 heterocycles. The SMILES string of the molecule is CC(Nc1ccc(N)cc1S(N)(=O)=O)C1CCOCC1. The van der Waals surface area contributed by atoms with Crippen LogP contribution >= 0.6 is 0 Å². The maximum absolute atomic E-state index is 11.6. The standard InChI is InChI=1S/C13H21N3O3S/c1-9(10-4-6-19-7-5-10)16-12-3-2-11(14)8-13(12)20(15,17)18/h2-3,8-10,16H,4-7,14H2,1H3,(H2,15,17,18). The lowest BCUT2D eigenvalue weighted by Crippen LogP contribution is -2.31. The van der Waals surface area contributed by atoms with E-state index in [1.54, 1.807) is 12.1 Å². The number of benzene rings is 1. The van der Waals surface area contributed by atoms with Crippen molar-refractivity contribution >= 4 is 21.4 Å². The number of ether oxygens (including phenoxy) is 1. The van der Waals surface area contributed by atoms with E-state index in [-0.39, 0.29) is 10.9 Å². The number of primary sulfonamides is 1. The highest BCUT2D eigenvalue weighted by Gasteiger charge is 2.22. The van der Waals surface area contributed by atoms with Gasteiger partial charge >= 0.3 is 0 Å². The summed E-state index contributed by atoms with van der Waals surface area (Å²) in [4.78, 5) is 0.0383. The molecule has 0 saturated carbocycles. The Balaban J connectivity index is 2.20. The van der Waals surface area contributed by atoms with Crippen molar-refractivity contribution in [3.05, 3.63) is 18.2 Å². The van der Waals surface area contributed by atoms with E-state index < -0.39 is 10.0 Å². The average Bonchev–Trinajstić information content (AvgIpc) is 2.40. The molecule has 6 nitrogen and oxygen atoms in total. The number of hydrogen-bond acceptors (Lipinski definition) is 5. The number of sulfonamides is 1. The Hall–Kier alpha value is -1.31. The average molecular weight is 299 g/mol. The van der Waals surface area contributed by atoms with Gasteiger partial charge in [0.15, 0.2) is 0 Å². The van der Waals surface area contributed by atoms with Crippen LogP contribution in [-0.2, 0) is 14.8 Å². The van der Waals surface area contributed by atoms with Crippen LogP contribution in [0, 0.1) is 5.92 Å². The van der Waals surface area contributed by atoms with E-state index in [9.17, 15) is 8.42 Å². The van der Waals surface area contributed by atoms with Gasteiger partial charge in [0.05, 0.1) is 5.69 Å². The van der Waals surface area contributed by atoms with Crippen molar-refractivity contribution in [3.63, 3.8) is 0 Å². The molecule has 0 aromatic heterocycles. The summed E-state index contributed by atoms with van der Waals surface area (Å²) in [5, 5.41) is 8.48. The van der Waals surface area contributed by atoms with E-state index in [0.717, 1.165) is 26.1 Å². The van der Waals surface area contributed by atoms with E-state index in [1.807, 2.05) is 6.92 Å². The Bertz CT molecular complexity index is 568. The van der Waals surface area contributed by atoms with Crippen molar-refractivity contribution in [2.75, 3.05) is 24.3 Å². The van der Waals surface area contributed by atoms with E-state index in [2.05, 4.69) is 5.32 Å². The van der Waals surface area contributed by atoms with Crippen LogP contribution in [0.5, 0.6) is 0 Å². The zero-order chi connectivity index (χ0) is 14.8. The van der Waals surface area contributed by atoms with Gasteiger partial charge in [-0.1, -0.05) is 0 Å². The first-order valence-electron chi connectivity index (χ1n) is 6.64. The van der Waals surface area contributed by atoms with Crippen molar-refractivity contribution in [1.29, 1.82) is 0 Å². The zero-order valence-electron chi connectivity index (χ0n) is 11.5. The normalized spacial score (nSPS) is 18.7. The quantitative estimate of drug-likeness (QED) is 0.723. The van der Waals surface area contributed by atoms with Gasteiger partial charge in [0, 0.05) is 24.9 Å². The summed E-state index contributed by atoms with van der Waals surface area (Å²) in [5.41, 5.74) is 6.51. The second kappa shape index (κ2) is 5.99. The molecule has 5 N–H and O–H groups in total. The highest BCUT2D eigenvalue weighted by atomic mass is 32.2. The minimum atomic E-state index is -3.80. The van der Waals surface area contributed by atoms with Crippen LogP contribution in [0.1, 0.15) is 19.8 Å². The summed E-state index contributed by atoms with van der Waals surface area (Å²) in [6, 6.07) is 4.84. The maximum atomic E-state index is 11.6. The van der Waals surface area contributed by atoms with Gasteiger partial charge in [0.1, 0.15) is 4.90 Å². The Morgan fingerprint density at radius 2 is 2.00 bits per heavy atom. The molecule has 0 bridgehead atoms. The highest BCUT2D eigenvalue weighted by molar-refractivity contribution is 7.89. The number of nitrogens with one attached hydrogen (secondary N) is 1. The van der Waals surface area contributed by atoms with Gasteiger partial charge in [-0.25, -0.2) is 13.6 Å². The van der Waals surface area contributed by atoms with Crippen LogP contribution in [0.3, 0.4) is 0 Å². The maximum Gasteiger partial charge on any atom is 0.240 e. The Kier molecular flexibility index (Phi) is 4.52. The monoisotopic (exact) mass is 299 g/mol. The zero-order valence-corrected chi connectivity index (χ0v) is 12.3. The molecular weight excluding hydrogens is 278 g/mol. The van der Waals surface area contributed by atoms with Crippen molar-refractivity contribution in [2.24, 2.45) is 11.1 Å². The molecule has 2 rings (SSSR count). The smallest absolute Gasteiger partial charge is 0.240 e. The van der Waals surface area contributed by atoms with Gasteiger partial charge in [0.25, 0.3) is 0 Å². The Morgan fingerprint density at radius 3 is 2.60 bits per heavy atom. The number of hydrogen-bond donors (Lipinski definition) is 3. The van der Waals surface area contributed by atoms with Gasteiger partial charge in [0.2, 0.25) is 10.0 Å². The summed E-state index contributed by atoms with van der Waals surface area (Å²) in [6.07, 6.45) is 1.93. The molecule has 1 fully saturated rings. The molecule has 1 aromatic carbocycles. The molecule has 0 aliphatic carbocycles. The molecule has 0 amide bonds. The molecule has 1 atom stereocenters. The molecule has 0 spiro atoms. The first-order chi connectivity index (χ1) is 9.38. The van der Waals surface area contributed by atoms with Crippen LogP contribution in [-0.4, -0.2) is 27.7 Å². The third kappa shape index (κ3) is 3.62. The van der Waals surface area contributed by atoms with Crippen molar-refractivity contribution in [3.8, 4) is 0 Å². The molecule has 0 radical (unpaired) electrons. The lowest BCUT2D eigenvalue weighted by Gasteiger charge is -2.29. The largest absolute Gasteiger partial charge is 0.399 e. The van der Waals surface area contributed by atoms with E-state index in [4.69, 9.17) is 15.6 Å². The van der Waals surface area contributed by atoms with Gasteiger partial charge in [-0.3, -0.25) is 0 Å². The fourth-order valence-electron chi connectivity index (χ4n) is 2.47. The van der Waals surface area contributed by atoms with Crippen molar-refractivity contribution in [2.45, 2.75) is 30.7 Å². The Labute approximate surface area is 119 Å². The van der Waals surface area contributed by atoms with Crippen LogP contribution in [0.25, 0.3) is 0 Å². The van der Waals surface area contributed by atoms with E-state index in [1.165, 1.54) is 6.07 Å². The molecule has 1 aliphatic rings. The number of nitrogen functional groups attached to an aromatic ring is 1. The minimum absolute atomic E-state index is 0.0383. The van der Waals surface area contributed by atoms with Gasteiger partial charge in [-0.2, -0.15) is 0 Å². The van der Waals surface area contributed by atoms with Crippen molar-refractivity contribution < 1.29 is 13.2 Å². The molecule has 1 aliphatic heterocycles. The number of anilines is 2.